The Morgan fingerprint density at radius 1 is 1.03 bits per heavy atom. The number of allylic oxidation sites excluding steroid dienone is 1. The van der Waals surface area contributed by atoms with E-state index in [9.17, 15) is 13.2 Å². The van der Waals surface area contributed by atoms with Crippen molar-refractivity contribution in [2.45, 2.75) is 12.8 Å². The van der Waals surface area contributed by atoms with Gasteiger partial charge in [-0.2, -0.15) is 18.2 Å². The van der Waals surface area contributed by atoms with Gasteiger partial charge in [-0.15, -0.1) is 10.2 Å². The highest BCUT2D eigenvalue weighted by Gasteiger charge is 2.33. The summed E-state index contributed by atoms with van der Waals surface area (Å²) in [6.45, 7) is 0.638. The molecule has 2 aromatic heterocycles. The van der Waals surface area contributed by atoms with Crippen molar-refractivity contribution in [2.24, 2.45) is 4.99 Å². The number of aliphatic imine (C=N–C) groups is 1. The number of nitrogens with one attached hydrogen (secondary N) is 1. The number of hydrogen-bond donors (Lipinski definition) is 1. The third kappa shape index (κ3) is 5.07. The summed E-state index contributed by atoms with van der Waals surface area (Å²) in [7, 11) is 0. The van der Waals surface area contributed by atoms with Gasteiger partial charge < -0.3 is 14.8 Å². The fraction of sp³-hybridized carbons (Fsp3) is 0.130. The molecule has 5 rings (SSSR count). The van der Waals surface area contributed by atoms with E-state index < -0.39 is 16.8 Å². The molecule has 2 aromatic carbocycles. The molecule has 0 fully saturated rings. The first-order valence-electron chi connectivity index (χ1n) is 10.4. The molecule has 0 unspecified atom stereocenters. The van der Waals surface area contributed by atoms with Gasteiger partial charge in [-0.1, -0.05) is 29.3 Å². The number of nitrogens with zero attached hydrogens (tertiary/aromatic N) is 5. The van der Waals surface area contributed by atoms with E-state index in [2.05, 4.69) is 25.5 Å². The summed E-state index contributed by atoms with van der Waals surface area (Å²) in [5.41, 5.74) is 0.472. The maximum atomic E-state index is 13.1. The van der Waals surface area contributed by atoms with Gasteiger partial charge in [-0.05, 0) is 35.9 Å². The zero-order valence-electron chi connectivity index (χ0n) is 18.1. The topological polar surface area (TPSA) is 85.9 Å². The molecule has 184 valence electrons. The van der Waals surface area contributed by atoms with E-state index in [4.69, 9.17) is 32.7 Å². The molecule has 1 aliphatic rings. The number of halogens is 5. The van der Waals surface area contributed by atoms with Crippen molar-refractivity contribution < 1.29 is 22.6 Å². The van der Waals surface area contributed by atoms with Crippen LogP contribution in [0.25, 0.3) is 11.4 Å². The van der Waals surface area contributed by atoms with Crippen molar-refractivity contribution in [2.75, 3.05) is 6.67 Å². The van der Waals surface area contributed by atoms with Crippen LogP contribution in [0.4, 0.5) is 13.2 Å². The van der Waals surface area contributed by atoms with E-state index in [1.165, 1.54) is 12.1 Å². The number of aromatic nitrogens is 4. The summed E-state index contributed by atoms with van der Waals surface area (Å²) in [5.74, 6) is 1.40. The zero-order valence-corrected chi connectivity index (χ0v) is 19.6. The van der Waals surface area contributed by atoms with Crippen molar-refractivity contribution in [1.29, 1.82) is 0 Å². The van der Waals surface area contributed by atoms with Gasteiger partial charge in [0.1, 0.15) is 24.8 Å². The minimum atomic E-state index is -4.61. The Morgan fingerprint density at radius 3 is 2.64 bits per heavy atom. The molecule has 0 aliphatic carbocycles. The largest absolute Gasteiger partial charge is 0.473 e. The lowest BCUT2D eigenvalue weighted by Gasteiger charge is -2.13. The second-order valence-corrected chi connectivity index (χ2v) is 8.34. The first kappa shape index (κ1) is 23.9. The molecule has 4 aromatic rings. The van der Waals surface area contributed by atoms with Crippen molar-refractivity contribution >= 4 is 40.8 Å². The average Bonchev–Trinajstić information content (AvgIpc) is 3.28. The maximum Gasteiger partial charge on any atom is 0.417 e. The van der Waals surface area contributed by atoms with Gasteiger partial charge >= 0.3 is 6.18 Å². The standard InChI is InChI=1S/C23H15Cl2F3N6O2/c24-17-3-2-15(8-16(17)23(26,27)28)36-19-4-1-13(7-18(19)25)11-35-20-5-6-34-21(32-33-22(34)31-20)14-9-29-12-30-10-14/h1-10,29H,11-12H2. The Labute approximate surface area is 212 Å². The minimum Gasteiger partial charge on any atom is -0.473 e. The van der Waals surface area contributed by atoms with Crippen LogP contribution < -0.4 is 14.8 Å². The molecule has 1 aliphatic heterocycles. The van der Waals surface area contributed by atoms with Crippen LogP contribution in [0.3, 0.4) is 0 Å². The Morgan fingerprint density at radius 2 is 1.89 bits per heavy atom. The number of alkyl halides is 3. The number of hydrogen-bond acceptors (Lipinski definition) is 7. The van der Waals surface area contributed by atoms with Gasteiger partial charge in [-0.3, -0.25) is 9.39 Å². The van der Waals surface area contributed by atoms with Crippen LogP contribution in [0.15, 0.2) is 59.9 Å². The molecule has 8 nitrogen and oxygen atoms in total. The number of fused-ring (bicyclic) bond motifs is 1. The fourth-order valence-electron chi connectivity index (χ4n) is 3.35. The molecule has 0 radical (unpaired) electrons. The van der Waals surface area contributed by atoms with E-state index in [1.807, 2.05) is 0 Å². The quantitative estimate of drug-likeness (QED) is 0.336. The summed E-state index contributed by atoms with van der Waals surface area (Å²) in [6.07, 6.45) is 0.635. The molecular weight excluding hydrogens is 520 g/mol. The summed E-state index contributed by atoms with van der Waals surface area (Å²) < 4.78 is 52.3. The molecule has 3 heterocycles. The second kappa shape index (κ2) is 9.67. The molecule has 0 bridgehead atoms. The Balaban J connectivity index is 1.27. The van der Waals surface area contributed by atoms with Gasteiger partial charge in [0.05, 0.1) is 21.2 Å². The third-order valence-electron chi connectivity index (χ3n) is 5.04. The zero-order chi connectivity index (χ0) is 25.3. The highest BCUT2D eigenvalue weighted by molar-refractivity contribution is 6.32. The fourth-order valence-corrected chi connectivity index (χ4v) is 3.81. The van der Waals surface area contributed by atoms with Crippen LogP contribution in [-0.2, 0) is 12.8 Å². The van der Waals surface area contributed by atoms with E-state index in [1.54, 1.807) is 41.2 Å². The lowest BCUT2D eigenvalue weighted by Crippen LogP contribution is -2.12. The van der Waals surface area contributed by atoms with Crippen LogP contribution in [-0.4, -0.2) is 32.5 Å². The Hall–Kier alpha value is -3.83. The van der Waals surface area contributed by atoms with Gasteiger partial charge in [0.15, 0.2) is 5.82 Å². The molecule has 0 saturated carbocycles. The molecule has 13 heteroatoms. The number of benzene rings is 2. The predicted octanol–water partition coefficient (Wildman–Crippen LogP) is 5.79. The van der Waals surface area contributed by atoms with Gasteiger partial charge in [0, 0.05) is 24.7 Å². The normalized spacial score (nSPS) is 13.4. The molecule has 36 heavy (non-hydrogen) atoms. The first-order chi connectivity index (χ1) is 17.3. The highest BCUT2D eigenvalue weighted by Crippen LogP contribution is 2.38. The van der Waals surface area contributed by atoms with E-state index in [-0.39, 0.29) is 23.1 Å². The number of rotatable bonds is 6. The molecule has 0 saturated heterocycles. The van der Waals surface area contributed by atoms with Crippen LogP contribution in [0.5, 0.6) is 17.4 Å². The van der Waals surface area contributed by atoms with Crippen LogP contribution in [0, 0.1) is 0 Å². The second-order valence-electron chi connectivity index (χ2n) is 7.53. The monoisotopic (exact) mass is 534 g/mol. The Kier molecular flexibility index (Phi) is 6.42. The predicted molar refractivity (Wildman–Crippen MR) is 128 cm³/mol. The lowest BCUT2D eigenvalue weighted by molar-refractivity contribution is -0.137. The van der Waals surface area contributed by atoms with E-state index in [0.29, 0.717) is 29.7 Å². The third-order valence-corrected chi connectivity index (χ3v) is 5.66. The van der Waals surface area contributed by atoms with Crippen molar-refractivity contribution in [3.8, 4) is 17.4 Å². The summed E-state index contributed by atoms with van der Waals surface area (Å²) in [4.78, 5) is 8.51. The lowest BCUT2D eigenvalue weighted by atomic mass is 10.2. The van der Waals surface area contributed by atoms with Crippen LogP contribution in [0.2, 0.25) is 10.0 Å². The van der Waals surface area contributed by atoms with Crippen molar-refractivity contribution in [3.63, 3.8) is 0 Å². The molecular formula is C23H15Cl2F3N6O2. The smallest absolute Gasteiger partial charge is 0.417 e. The molecule has 0 atom stereocenters. The van der Waals surface area contributed by atoms with Crippen molar-refractivity contribution in [3.05, 3.63) is 81.9 Å². The SMILES string of the molecule is FC(F)(F)c1cc(Oc2ccc(COc3ccn4c(C5=CNCN=C5)nnc4n3)cc2Cl)ccc1Cl. The van der Waals surface area contributed by atoms with Crippen LogP contribution in [0.1, 0.15) is 17.0 Å². The van der Waals surface area contributed by atoms with E-state index in [0.717, 1.165) is 17.7 Å². The van der Waals surface area contributed by atoms with Gasteiger partial charge in [-0.25, -0.2) is 0 Å². The summed E-state index contributed by atoms with van der Waals surface area (Å²) in [5, 5.41) is 11.0. The maximum absolute atomic E-state index is 13.1. The number of ether oxygens (including phenoxy) is 2. The highest BCUT2D eigenvalue weighted by atomic mass is 35.5. The van der Waals surface area contributed by atoms with Gasteiger partial charge in [0.25, 0.3) is 5.78 Å². The molecule has 1 N–H and O–H groups in total. The van der Waals surface area contributed by atoms with Crippen molar-refractivity contribution in [1.82, 2.24) is 24.9 Å². The summed E-state index contributed by atoms with van der Waals surface area (Å²) >= 11 is 11.9. The molecule has 0 spiro atoms. The average molecular weight is 535 g/mol. The van der Waals surface area contributed by atoms with Gasteiger partial charge in [0.2, 0.25) is 5.88 Å². The molecule has 0 amide bonds. The summed E-state index contributed by atoms with van der Waals surface area (Å²) in [6, 6.07) is 9.75. The minimum absolute atomic E-state index is 0.0474. The van der Waals surface area contributed by atoms with E-state index >= 15 is 0 Å². The first-order valence-corrected chi connectivity index (χ1v) is 11.1. The van der Waals surface area contributed by atoms with Crippen LogP contribution >= 0.6 is 23.2 Å². The Bertz CT molecular complexity index is 1500.